The average molecular weight is 259 g/mol. The zero-order chi connectivity index (χ0) is 12.8. The van der Waals surface area contributed by atoms with Gasteiger partial charge >= 0.3 is 4.87 Å². The van der Waals surface area contributed by atoms with Gasteiger partial charge in [0.15, 0.2) is 6.29 Å². The summed E-state index contributed by atoms with van der Waals surface area (Å²) < 4.78 is 12.7. The molecule has 0 amide bonds. The first-order valence-corrected chi connectivity index (χ1v) is 6.81. The van der Waals surface area contributed by atoms with Crippen LogP contribution in [0, 0.1) is 13.8 Å². The van der Waals surface area contributed by atoms with Crippen molar-refractivity contribution in [3.63, 3.8) is 0 Å². The molecule has 0 radical (unpaired) electrons. The molecule has 0 aromatic carbocycles. The minimum atomic E-state index is -0.212. The maximum atomic E-state index is 11.7. The molecule has 4 nitrogen and oxygen atoms in total. The zero-order valence-electron chi connectivity index (χ0n) is 11.0. The Balaban J connectivity index is 2.61. The highest BCUT2D eigenvalue weighted by Crippen LogP contribution is 2.11. The number of aromatic nitrogens is 1. The average Bonchev–Trinajstić information content (AvgIpc) is 2.51. The van der Waals surface area contributed by atoms with Crippen molar-refractivity contribution in [2.75, 3.05) is 13.2 Å². The van der Waals surface area contributed by atoms with Crippen LogP contribution in [0.3, 0.4) is 0 Å². The van der Waals surface area contributed by atoms with E-state index in [-0.39, 0.29) is 11.2 Å². The molecule has 1 aromatic rings. The standard InChI is InChI=1S/C12H21NO3S/c1-5-15-11(16-6-2)7-8-13-9(3)10(4)17-12(13)14/h11H,5-8H2,1-4H3. The van der Waals surface area contributed by atoms with E-state index in [0.29, 0.717) is 26.2 Å². The van der Waals surface area contributed by atoms with Gasteiger partial charge in [-0.1, -0.05) is 11.3 Å². The lowest BCUT2D eigenvalue weighted by Crippen LogP contribution is -2.23. The zero-order valence-corrected chi connectivity index (χ0v) is 11.8. The van der Waals surface area contributed by atoms with Crippen LogP contribution in [0.1, 0.15) is 30.8 Å². The molecule has 1 aromatic heterocycles. The van der Waals surface area contributed by atoms with E-state index in [4.69, 9.17) is 9.47 Å². The van der Waals surface area contributed by atoms with Crippen molar-refractivity contribution >= 4 is 11.3 Å². The van der Waals surface area contributed by atoms with Crippen molar-refractivity contribution in [3.05, 3.63) is 20.2 Å². The number of nitrogens with zero attached hydrogens (tertiary/aromatic N) is 1. The van der Waals surface area contributed by atoms with Gasteiger partial charge in [0, 0.05) is 36.8 Å². The normalized spacial score (nSPS) is 11.4. The van der Waals surface area contributed by atoms with E-state index in [1.807, 2.05) is 27.7 Å². The second kappa shape index (κ2) is 6.93. The summed E-state index contributed by atoms with van der Waals surface area (Å²) in [4.78, 5) is 12.9. The first-order chi connectivity index (χ1) is 8.10. The quantitative estimate of drug-likeness (QED) is 0.706. The molecule has 5 heteroatoms. The van der Waals surface area contributed by atoms with Gasteiger partial charge in [-0.05, 0) is 27.7 Å². The van der Waals surface area contributed by atoms with E-state index in [9.17, 15) is 4.79 Å². The third kappa shape index (κ3) is 3.94. The summed E-state index contributed by atoms with van der Waals surface area (Å²) in [7, 11) is 0. The Morgan fingerprint density at radius 2 is 1.82 bits per heavy atom. The van der Waals surface area contributed by atoms with Crippen LogP contribution in [0.4, 0.5) is 0 Å². The van der Waals surface area contributed by atoms with Gasteiger partial charge in [0.2, 0.25) is 0 Å². The van der Waals surface area contributed by atoms with Crippen LogP contribution in [0.5, 0.6) is 0 Å². The Bertz CT molecular complexity index is 391. The van der Waals surface area contributed by atoms with Gasteiger partial charge in [-0.15, -0.1) is 0 Å². The molecular weight excluding hydrogens is 238 g/mol. The maximum absolute atomic E-state index is 11.7. The second-order valence-electron chi connectivity index (χ2n) is 3.79. The van der Waals surface area contributed by atoms with Gasteiger partial charge in [0.1, 0.15) is 0 Å². The fraction of sp³-hybridized carbons (Fsp3) is 0.750. The summed E-state index contributed by atoms with van der Waals surface area (Å²) in [6.45, 7) is 9.74. The third-order valence-electron chi connectivity index (χ3n) is 2.67. The summed E-state index contributed by atoms with van der Waals surface area (Å²) in [6, 6.07) is 0. The van der Waals surface area contributed by atoms with Crippen molar-refractivity contribution < 1.29 is 9.47 Å². The smallest absolute Gasteiger partial charge is 0.307 e. The number of rotatable bonds is 7. The largest absolute Gasteiger partial charge is 0.353 e. The van der Waals surface area contributed by atoms with Crippen molar-refractivity contribution in [2.45, 2.75) is 47.0 Å². The number of ether oxygens (including phenoxy) is 2. The van der Waals surface area contributed by atoms with Crippen molar-refractivity contribution in [1.29, 1.82) is 0 Å². The van der Waals surface area contributed by atoms with Crippen molar-refractivity contribution in [2.24, 2.45) is 0 Å². The molecule has 1 heterocycles. The first kappa shape index (κ1) is 14.4. The molecule has 0 unspecified atom stereocenters. The molecule has 98 valence electrons. The second-order valence-corrected chi connectivity index (χ2v) is 4.96. The van der Waals surface area contributed by atoms with Gasteiger partial charge in [0.05, 0.1) is 0 Å². The van der Waals surface area contributed by atoms with E-state index < -0.39 is 0 Å². The highest BCUT2D eigenvalue weighted by Gasteiger charge is 2.12. The summed E-state index contributed by atoms with van der Waals surface area (Å²) in [5, 5.41) is 0. The van der Waals surface area contributed by atoms with Gasteiger partial charge in [-0.2, -0.15) is 0 Å². The molecule has 0 atom stereocenters. The number of hydrogen-bond donors (Lipinski definition) is 0. The lowest BCUT2D eigenvalue weighted by molar-refractivity contribution is -0.141. The highest BCUT2D eigenvalue weighted by molar-refractivity contribution is 7.09. The molecule has 0 spiro atoms. The molecule has 17 heavy (non-hydrogen) atoms. The van der Waals surface area contributed by atoms with Gasteiger partial charge in [0.25, 0.3) is 0 Å². The molecule has 0 aliphatic rings. The fourth-order valence-corrected chi connectivity index (χ4v) is 2.53. The van der Waals surface area contributed by atoms with E-state index in [1.165, 1.54) is 11.3 Å². The van der Waals surface area contributed by atoms with E-state index >= 15 is 0 Å². The number of aryl methyl sites for hydroxylation is 1. The Morgan fingerprint density at radius 3 is 2.24 bits per heavy atom. The maximum Gasteiger partial charge on any atom is 0.307 e. The molecule has 0 N–H and O–H groups in total. The predicted octanol–water partition coefficient (Wildman–Crippen LogP) is 2.32. The Labute approximate surface area is 106 Å². The molecule has 0 aliphatic heterocycles. The minimum Gasteiger partial charge on any atom is -0.353 e. The van der Waals surface area contributed by atoms with Crippen LogP contribution in [-0.4, -0.2) is 24.1 Å². The minimum absolute atomic E-state index is 0.103. The monoisotopic (exact) mass is 259 g/mol. The lowest BCUT2D eigenvalue weighted by Gasteiger charge is -2.17. The first-order valence-electron chi connectivity index (χ1n) is 6.00. The van der Waals surface area contributed by atoms with Crippen LogP contribution in [-0.2, 0) is 16.0 Å². The van der Waals surface area contributed by atoms with Crippen molar-refractivity contribution in [1.82, 2.24) is 4.57 Å². The predicted molar refractivity (Wildman–Crippen MR) is 69.7 cm³/mol. The molecule has 0 aliphatic carbocycles. The van der Waals surface area contributed by atoms with E-state index in [0.717, 1.165) is 10.6 Å². The van der Waals surface area contributed by atoms with E-state index in [1.54, 1.807) is 4.57 Å². The Kier molecular flexibility index (Phi) is 5.88. The summed E-state index contributed by atoms with van der Waals surface area (Å²) in [5.74, 6) is 0. The molecule has 0 fully saturated rings. The van der Waals surface area contributed by atoms with Gasteiger partial charge in [-0.25, -0.2) is 0 Å². The molecular formula is C12H21NO3S. The summed E-state index contributed by atoms with van der Waals surface area (Å²) in [5.41, 5.74) is 1.05. The number of thiazole rings is 1. The Hall–Kier alpha value is -0.650. The fourth-order valence-electron chi connectivity index (χ4n) is 1.67. The highest BCUT2D eigenvalue weighted by atomic mass is 32.1. The van der Waals surface area contributed by atoms with Crippen LogP contribution >= 0.6 is 11.3 Å². The summed E-state index contributed by atoms with van der Waals surface area (Å²) >= 11 is 1.30. The number of hydrogen-bond acceptors (Lipinski definition) is 4. The Morgan fingerprint density at radius 1 is 1.24 bits per heavy atom. The molecule has 1 rings (SSSR count). The van der Waals surface area contributed by atoms with Crippen LogP contribution in [0.25, 0.3) is 0 Å². The van der Waals surface area contributed by atoms with E-state index in [2.05, 4.69) is 0 Å². The van der Waals surface area contributed by atoms with Crippen molar-refractivity contribution in [3.8, 4) is 0 Å². The molecule has 0 saturated heterocycles. The van der Waals surface area contributed by atoms with Crippen LogP contribution < -0.4 is 4.87 Å². The van der Waals surface area contributed by atoms with Crippen LogP contribution in [0.2, 0.25) is 0 Å². The van der Waals surface area contributed by atoms with Gasteiger partial charge < -0.3 is 14.0 Å². The molecule has 0 saturated carbocycles. The van der Waals surface area contributed by atoms with Crippen LogP contribution in [0.15, 0.2) is 4.79 Å². The molecule has 0 bridgehead atoms. The lowest BCUT2D eigenvalue weighted by atomic mass is 10.3. The topological polar surface area (TPSA) is 40.5 Å². The third-order valence-corrected chi connectivity index (χ3v) is 3.67. The summed E-state index contributed by atoms with van der Waals surface area (Å²) in [6.07, 6.45) is 0.495. The SMILES string of the molecule is CCOC(CCn1c(C)c(C)sc1=O)OCC. The van der Waals surface area contributed by atoms with Gasteiger partial charge in [-0.3, -0.25) is 4.79 Å².